The van der Waals surface area contributed by atoms with Crippen LogP contribution in [0.25, 0.3) is 0 Å². The molecule has 23 heavy (non-hydrogen) atoms. The number of fused-ring (bicyclic) bond motifs is 2. The number of hydrogen-bond donors (Lipinski definition) is 0. The Morgan fingerprint density at radius 3 is 1.43 bits per heavy atom. The Bertz CT molecular complexity index is 390. The van der Waals surface area contributed by atoms with Crippen molar-refractivity contribution in [3.05, 3.63) is 0 Å². The van der Waals surface area contributed by atoms with Gasteiger partial charge in [-0.1, -0.05) is 78.3 Å². The van der Waals surface area contributed by atoms with Gasteiger partial charge in [-0.2, -0.15) is 0 Å². The fourth-order valence-corrected chi connectivity index (χ4v) is 15.6. The largest absolute Gasteiger partial charge is 0.0689 e. The van der Waals surface area contributed by atoms with Crippen LogP contribution in [0, 0.1) is 35.5 Å². The van der Waals surface area contributed by atoms with Crippen LogP contribution in [0.15, 0.2) is 0 Å². The zero-order valence-electron chi connectivity index (χ0n) is 16.2. The van der Waals surface area contributed by atoms with Crippen molar-refractivity contribution in [2.24, 2.45) is 35.5 Å². The molecular formula is C22H40Si. The van der Waals surface area contributed by atoms with Crippen LogP contribution >= 0.6 is 0 Å². The lowest BCUT2D eigenvalue weighted by Crippen LogP contribution is -2.46. The molecule has 0 radical (unpaired) electrons. The van der Waals surface area contributed by atoms with Crippen molar-refractivity contribution in [3.63, 3.8) is 0 Å². The minimum atomic E-state index is -1.18. The van der Waals surface area contributed by atoms with E-state index in [0.29, 0.717) is 0 Å². The van der Waals surface area contributed by atoms with Crippen molar-refractivity contribution < 1.29 is 0 Å². The van der Waals surface area contributed by atoms with Crippen LogP contribution in [0.3, 0.4) is 0 Å². The third-order valence-electron chi connectivity index (χ3n) is 9.15. The van der Waals surface area contributed by atoms with Gasteiger partial charge in [-0.15, -0.1) is 0 Å². The van der Waals surface area contributed by atoms with Gasteiger partial charge in [0.1, 0.15) is 0 Å². The average molecular weight is 333 g/mol. The van der Waals surface area contributed by atoms with Gasteiger partial charge in [0.25, 0.3) is 0 Å². The fraction of sp³-hybridized carbons (Fsp3) is 1.00. The van der Waals surface area contributed by atoms with E-state index in [0.717, 1.165) is 46.6 Å². The normalized spacial score (nSPS) is 50.6. The molecule has 0 nitrogen and oxygen atoms in total. The van der Waals surface area contributed by atoms with Gasteiger partial charge in [0.2, 0.25) is 0 Å². The standard InChI is InChI=1S/C22H40Si/c1-15-13-17-9-5-7-11-19(17)21(15)23(3,4)22-16(2)14-18-10-6-8-12-20(18)22/h15-22H,5-14H2,1-4H3. The molecule has 0 aromatic carbocycles. The summed E-state index contributed by atoms with van der Waals surface area (Å²) in [5.74, 6) is 6.59. The van der Waals surface area contributed by atoms with Crippen LogP contribution < -0.4 is 0 Å². The Morgan fingerprint density at radius 2 is 1.00 bits per heavy atom. The minimum absolute atomic E-state index is 1.04. The minimum Gasteiger partial charge on any atom is -0.0689 e. The summed E-state index contributed by atoms with van der Waals surface area (Å²) >= 11 is 0. The molecule has 4 aliphatic rings. The van der Waals surface area contributed by atoms with Crippen molar-refractivity contribution in [1.82, 2.24) is 0 Å². The topological polar surface area (TPSA) is 0 Å². The monoisotopic (exact) mass is 332 g/mol. The van der Waals surface area contributed by atoms with Crippen molar-refractivity contribution in [2.75, 3.05) is 0 Å². The van der Waals surface area contributed by atoms with Crippen LogP contribution in [-0.2, 0) is 0 Å². The lowest BCUT2D eigenvalue weighted by atomic mass is 9.81. The van der Waals surface area contributed by atoms with E-state index in [4.69, 9.17) is 0 Å². The maximum atomic E-state index is 2.85. The smallest absolute Gasteiger partial charge is 0.0546 e. The van der Waals surface area contributed by atoms with Gasteiger partial charge < -0.3 is 0 Å². The molecular weight excluding hydrogens is 292 g/mol. The molecule has 0 aromatic rings. The van der Waals surface area contributed by atoms with E-state index < -0.39 is 8.07 Å². The van der Waals surface area contributed by atoms with Crippen molar-refractivity contribution >= 4 is 8.07 Å². The van der Waals surface area contributed by atoms with E-state index in [1.54, 1.807) is 51.4 Å². The maximum absolute atomic E-state index is 2.85. The molecule has 0 bridgehead atoms. The van der Waals surface area contributed by atoms with E-state index in [2.05, 4.69) is 26.9 Å². The van der Waals surface area contributed by atoms with Gasteiger partial charge in [0, 0.05) is 0 Å². The maximum Gasteiger partial charge on any atom is 0.0546 e. The molecule has 4 fully saturated rings. The lowest BCUT2D eigenvalue weighted by molar-refractivity contribution is 0.262. The molecule has 132 valence electrons. The summed E-state index contributed by atoms with van der Waals surface area (Å²) in [6.07, 6.45) is 15.6. The predicted octanol–water partition coefficient (Wildman–Crippen LogP) is 7.13. The zero-order chi connectivity index (χ0) is 16.2. The summed E-state index contributed by atoms with van der Waals surface area (Å²) in [5.41, 5.74) is 2.31. The van der Waals surface area contributed by atoms with E-state index in [9.17, 15) is 0 Å². The summed E-state index contributed by atoms with van der Waals surface area (Å²) in [6.45, 7) is 11.0. The van der Waals surface area contributed by atoms with Gasteiger partial charge in [-0.3, -0.25) is 0 Å². The third kappa shape index (κ3) is 2.68. The Hall–Kier alpha value is 0.217. The second-order valence-electron chi connectivity index (χ2n) is 10.7. The molecule has 0 spiro atoms. The first-order valence-corrected chi connectivity index (χ1v) is 14.2. The van der Waals surface area contributed by atoms with E-state index >= 15 is 0 Å². The molecule has 1 heteroatoms. The highest BCUT2D eigenvalue weighted by atomic mass is 28.3. The van der Waals surface area contributed by atoms with Gasteiger partial charge in [0.05, 0.1) is 8.07 Å². The third-order valence-corrected chi connectivity index (χ3v) is 14.6. The van der Waals surface area contributed by atoms with Crippen LogP contribution in [0.2, 0.25) is 24.2 Å². The van der Waals surface area contributed by atoms with Crippen LogP contribution in [0.5, 0.6) is 0 Å². The molecule has 4 saturated carbocycles. The highest BCUT2D eigenvalue weighted by Gasteiger charge is 2.57. The first-order chi connectivity index (χ1) is 11.0. The highest BCUT2D eigenvalue weighted by Crippen LogP contribution is 2.64. The van der Waals surface area contributed by atoms with Crippen LogP contribution in [-0.4, -0.2) is 8.07 Å². The second kappa shape index (κ2) is 6.18. The SMILES string of the molecule is CC1CC2CCCCC2C1[Si](C)(C)C1C(C)CC2CCCCC21. The van der Waals surface area contributed by atoms with Gasteiger partial charge in [0.15, 0.2) is 0 Å². The molecule has 0 heterocycles. The summed E-state index contributed by atoms with van der Waals surface area (Å²) < 4.78 is 0. The first kappa shape index (κ1) is 16.7. The first-order valence-electron chi connectivity index (χ1n) is 11.0. The van der Waals surface area contributed by atoms with Crippen LogP contribution in [0.4, 0.5) is 0 Å². The van der Waals surface area contributed by atoms with E-state index in [-0.39, 0.29) is 0 Å². The molecule has 0 aliphatic heterocycles. The molecule has 0 N–H and O–H groups in total. The van der Waals surface area contributed by atoms with Gasteiger partial charge >= 0.3 is 0 Å². The zero-order valence-corrected chi connectivity index (χ0v) is 17.2. The molecule has 4 rings (SSSR count). The Labute approximate surface area is 146 Å². The quantitative estimate of drug-likeness (QED) is 0.472. The number of rotatable bonds is 2. The summed E-state index contributed by atoms with van der Waals surface area (Å²) in [6, 6.07) is 0. The van der Waals surface area contributed by atoms with Crippen molar-refractivity contribution in [3.8, 4) is 0 Å². The number of hydrogen-bond acceptors (Lipinski definition) is 0. The van der Waals surface area contributed by atoms with Crippen LogP contribution in [0.1, 0.15) is 78.1 Å². The summed E-state index contributed by atoms with van der Waals surface area (Å²) in [4.78, 5) is 0. The van der Waals surface area contributed by atoms with Crippen molar-refractivity contribution in [2.45, 2.75) is 102 Å². The molecule has 4 aliphatic carbocycles. The molecule has 0 aromatic heterocycles. The van der Waals surface area contributed by atoms with Gasteiger partial charge in [-0.25, -0.2) is 0 Å². The van der Waals surface area contributed by atoms with E-state index in [1.165, 1.54) is 12.8 Å². The fourth-order valence-electron chi connectivity index (χ4n) is 8.89. The molecule has 0 amide bonds. The second-order valence-corrected chi connectivity index (χ2v) is 15.7. The summed E-state index contributed by atoms with van der Waals surface area (Å²) in [7, 11) is -1.18. The lowest BCUT2D eigenvalue weighted by Gasteiger charge is -2.47. The Morgan fingerprint density at radius 1 is 0.609 bits per heavy atom. The Kier molecular flexibility index (Phi) is 4.48. The predicted molar refractivity (Wildman–Crippen MR) is 103 cm³/mol. The molecule has 0 saturated heterocycles. The summed E-state index contributed by atoms with van der Waals surface area (Å²) in [5, 5.41) is 0. The van der Waals surface area contributed by atoms with Gasteiger partial charge in [-0.05, 0) is 59.4 Å². The van der Waals surface area contributed by atoms with E-state index in [1.807, 2.05) is 0 Å². The molecule has 8 atom stereocenters. The van der Waals surface area contributed by atoms with Crippen molar-refractivity contribution in [1.29, 1.82) is 0 Å². The Balaban J connectivity index is 1.61. The highest BCUT2D eigenvalue weighted by molar-refractivity contribution is 6.80. The molecule has 8 unspecified atom stereocenters. The average Bonchev–Trinajstić information content (AvgIpc) is 3.02.